The van der Waals surface area contributed by atoms with Crippen LogP contribution in [0.1, 0.15) is 31.5 Å². The third-order valence-electron chi connectivity index (χ3n) is 2.27. The van der Waals surface area contributed by atoms with E-state index in [0.29, 0.717) is 25.4 Å². The standard InChI is InChI=1S/C12H21N5O/c1-5-7-14-12(13-4)15-8-6-10-16-11(9(2)3)17-18-10/h5,9H,1,6-8H2,2-4H3,(H2,13,14,15). The molecule has 0 unspecified atom stereocenters. The van der Waals surface area contributed by atoms with Crippen molar-refractivity contribution < 1.29 is 4.52 Å². The lowest BCUT2D eigenvalue weighted by Crippen LogP contribution is -2.38. The van der Waals surface area contributed by atoms with Crippen LogP contribution < -0.4 is 10.6 Å². The van der Waals surface area contributed by atoms with Gasteiger partial charge in [-0.05, 0) is 0 Å². The molecule has 0 atom stereocenters. The van der Waals surface area contributed by atoms with Gasteiger partial charge in [-0.15, -0.1) is 6.58 Å². The third-order valence-corrected chi connectivity index (χ3v) is 2.27. The van der Waals surface area contributed by atoms with Crippen molar-refractivity contribution in [2.75, 3.05) is 20.1 Å². The molecule has 1 aromatic rings. The summed E-state index contributed by atoms with van der Waals surface area (Å²) in [4.78, 5) is 8.37. The molecule has 0 aliphatic rings. The smallest absolute Gasteiger partial charge is 0.228 e. The largest absolute Gasteiger partial charge is 0.356 e. The molecule has 2 N–H and O–H groups in total. The van der Waals surface area contributed by atoms with E-state index in [4.69, 9.17) is 4.52 Å². The first-order valence-corrected chi connectivity index (χ1v) is 6.05. The van der Waals surface area contributed by atoms with Crippen LogP contribution in [0, 0.1) is 0 Å². The van der Waals surface area contributed by atoms with Crippen LogP contribution in [0.5, 0.6) is 0 Å². The first kappa shape index (κ1) is 14.2. The zero-order valence-corrected chi connectivity index (χ0v) is 11.2. The molecule has 0 aromatic carbocycles. The quantitative estimate of drug-likeness (QED) is 0.449. The van der Waals surface area contributed by atoms with Crippen molar-refractivity contribution in [3.05, 3.63) is 24.4 Å². The average Bonchev–Trinajstić information content (AvgIpc) is 2.82. The van der Waals surface area contributed by atoms with E-state index < -0.39 is 0 Å². The summed E-state index contributed by atoms with van der Waals surface area (Å²) >= 11 is 0. The van der Waals surface area contributed by atoms with E-state index in [-0.39, 0.29) is 5.92 Å². The Bertz CT molecular complexity index is 397. The Labute approximate surface area is 108 Å². The zero-order valence-electron chi connectivity index (χ0n) is 11.2. The molecule has 1 rings (SSSR count). The Kier molecular flexibility index (Phi) is 5.90. The van der Waals surface area contributed by atoms with E-state index >= 15 is 0 Å². The first-order valence-electron chi connectivity index (χ1n) is 6.05. The van der Waals surface area contributed by atoms with Gasteiger partial charge in [0, 0.05) is 32.5 Å². The molecule has 18 heavy (non-hydrogen) atoms. The summed E-state index contributed by atoms with van der Waals surface area (Å²) in [6.07, 6.45) is 2.45. The first-order chi connectivity index (χ1) is 8.67. The predicted molar refractivity (Wildman–Crippen MR) is 71.7 cm³/mol. The van der Waals surface area contributed by atoms with Crippen molar-refractivity contribution >= 4 is 5.96 Å². The second-order valence-corrected chi connectivity index (χ2v) is 4.12. The number of rotatable bonds is 6. The molecule has 6 nitrogen and oxygen atoms in total. The second-order valence-electron chi connectivity index (χ2n) is 4.12. The van der Waals surface area contributed by atoms with Crippen LogP contribution in [0.25, 0.3) is 0 Å². The van der Waals surface area contributed by atoms with E-state index in [0.717, 1.165) is 11.8 Å². The van der Waals surface area contributed by atoms with Gasteiger partial charge in [0.15, 0.2) is 11.8 Å². The van der Waals surface area contributed by atoms with Gasteiger partial charge < -0.3 is 15.2 Å². The lowest BCUT2D eigenvalue weighted by molar-refractivity contribution is 0.371. The SMILES string of the molecule is C=CCNC(=NC)NCCc1nc(C(C)C)no1. The summed E-state index contributed by atoms with van der Waals surface area (Å²) in [5.41, 5.74) is 0. The normalized spacial score (nSPS) is 11.7. The lowest BCUT2D eigenvalue weighted by atomic mass is 10.2. The Morgan fingerprint density at radius 1 is 1.50 bits per heavy atom. The molecule has 6 heteroatoms. The van der Waals surface area contributed by atoms with E-state index in [9.17, 15) is 0 Å². The van der Waals surface area contributed by atoms with Gasteiger partial charge in [0.1, 0.15) is 0 Å². The van der Waals surface area contributed by atoms with Crippen molar-refractivity contribution in [2.45, 2.75) is 26.2 Å². The number of guanidine groups is 1. The zero-order chi connectivity index (χ0) is 13.4. The molecule has 1 heterocycles. The minimum Gasteiger partial charge on any atom is -0.356 e. The van der Waals surface area contributed by atoms with Crippen LogP contribution in [-0.2, 0) is 6.42 Å². The molecule has 1 aromatic heterocycles. The monoisotopic (exact) mass is 251 g/mol. The van der Waals surface area contributed by atoms with Crippen LogP contribution >= 0.6 is 0 Å². The highest BCUT2D eigenvalue weighted by atomic mass is 16.5. The fraction of sp³-hybridized carbons (Fsp3) is 0.583. The Morgan fingerprint density at radius 3 is 2.83 bits per heavy atom. The minimum absolute atomic E-state index is 0.289. The van der Waals surface area contributed by atoms with Crippen LogP contribution in [0.15, 0.2) is 22.2 Å². The van der Waals surface area contributed by atoms with E-state index in [2.05, 4.69) is 32.3 Å². The molecule has 0 amide bonds. The van der Waals surface area contributed by atoms with E-state index in [1.807, 2.05) is 13.8 Å². The molecule has 0 saturated carbocycles. The highest BCUT2D eigenvalue weighted by molar-refractivity contribution is 5.79. The molecule has 0 spiro atoms. The maximum Gasteiger partial charge on any atom is 0.228 e. The molecule has 0 aliphatic heterocycles. The molecule has 100 valence electrons. The van der Waals surface area contributed by atoms with Gasteiger partial charge in [-0.1, -0.05) is 25.1 Å². The van der Waals surface area contributed by atoms with Gasteiger partial charge in [0.2, 0.25) is 5.89 Å². The van der Waals surface area contributed by atoms with Crippen molar-refractivity contribution in [2.24, 2.45) is 4.99 Å². The number of nitrogens with one attached hydrogen (secondary N) is 2. The van der Waals surface area contributed by atoms with Crippen molar-refractivity contribution in [1.29, 1.82) is 0 Å². The maximum atomic E-state index is 5.14. The summed E-state index contributed by atoms with van der Waals surface area (Å²) < 4.78 is 5.14. The molecule has 0 fully saturated rings. The summed E-state index contributed by atoms with van der Waals surface area (Å²) in [6, 6.07) is 0. The number of aliphatic imine (C=N–C) groups is 1. The van der Waals surface area contributed by atoms with Crippen LogP contribution in [0.2, 0.25) is 0 Å². The van der Waals surface area contributed by atoms with Crippen molar-refractivity contribution in [1.82, 2.24) is 20.8 Å². The summed E-state index contributed by atoms with van der Waals surface area (Å²) in [7, 11) is 1.72. The number of nitrogens with zero attached hydrogens (tertiary/aromatic N) is 3. The average molecular weight is 251 g/mol. The van der Waals surface area contributed by atoms with Crippen LogP contribution in [-0.4, -0.2) is 36.2 Å². The van der Waals surface area contributed by atoms with E-state index in [1.54, 1.807) is 13.1 Å². The molecular weight excluding hydrogens is 230 g/mol. The summed E-state index contributed by atoms with van der Waals surface area (Å²) in [5.74, 6) is 2.42. The van der Waals surface area contributed by atoms with Crippen molar-refractivity contribution in [3.63, 3.8) is 0 Å². The number of aromatic nitrogens is 2. The topological polar surface area (TPSA) is 75.3 Å². The number of hydrogen-bond acceptors (Lipinski definition) is 4. The Balaban J connectivity index is 2.33. The van der Waals surface area contributed by atoms with Crippen LogP contribution in [0.4, 0.5) is 0 Å². The molecule has 0 saturated heterocycles. The third kappa shape index (κ3) is 4.57. The predicted octanol–water partition coefficient (Wildman–Crippen LogP) is 1.09. The van der Waals surface area contributed by atoms with E-state index in [1.165, 1.54) is 0 Å². The highest BCUT2D eigenvalue weighted by Crippen LogP contribution is 2.09. The van der Waals surface area contributed by atoms with Gasteiger partial charge in [0.25, 0.3) is 0 Å². The Hall–Kier alpha value is -1.85. The molecular formula is C12H21N5O. The fourth-order valence-electron chi connectivity index (χ4n) is 1.28. The second kappa shape index (κ2) is 7.47. The maximum absolute atomic E-state index is 5.14. The lowest BCUT2D eigenvalue weighted by Gasteiger charge is -2.08. The summed E-state index contributed by atoms with van der Waals surface area (Å²) in [6.45, 7) is 9.08. The molecule has 0 bridgehead atoms. The van der Waals surface area contributed by atoms with Crippen molar-refractivity contribution in [3.8, 4) is 0 Å². The van der Waals surface area contributed by atoms with Gasteiger partial charge in [-0.2, -0.15) is 4.98 Å². The molecule has 0 aliphatic carbocycles. The minimum atomic E-state index is 0.289. The van der Waals surface area contributed by atoms with Gasteiger partial charge in [-0.3, -0.25) is 4.99 Å². The highest BCUT2D eigenvalue weighted by Gasteiger charge is 2.09. The Morgan fingerprint density at radius 2 is 2.28 bits per heavy atom. The number of hydrogen-bond donors (Lipinski definition) is 2. The van der Waals surface area contributed by atoms with Gasteiger partial charge in [-0.25, -0.2) is 0 Å². The van der Waals surface area contributed by atoms with Gasteiger partial charge in [0.05, 0.1) is 0 Å². The van der Waals surface area contributed by atoms with Gasteiger partial charge >= 0.3 is 0 Å². The summed E-state index contributed by atoms with van der Waals surface area (Å²) in [5, 5.41) is 10.1. The van der Waals surface area contributed by atoms with Crippen LogP contribution in [0.3, 0.4) is 0 Å². The molecule has 0 radical (unpaired) electrons. The fourth-order valence-corrected chi connectivity index (χ4v) is 1.28.